The molecule has 0 aromatic heterocycles. The van der Waals surface area contributed by atoms with Gasteiger partial charge in [-0.1, -0.05) is 0 Å². The first-order valence-corrected chi connectivity index (χ1v) is 3.08. The third kappa shape index (κ3) is 58.7. The van der Waals surface area contributed by atoms with Gasteiger partial charge in [-0.15, -0.1) is 17.0 Å². The van der Waals surface area contributed by atoms with E-state index >= 15 is 0 Å². The van der Waals surface area contributed by atoms with Crippen molar-refractivity contribution in [3.63, 3.8) is 0 Å². The minimum absolute atomic E-state index is 0. The molecule has 2 nitrogen and oxygen atoms in total. The van der Waals surface area contributed by atoms with Crippen LogP contribution in [0.25, 0.3) is 0 Å². The van der Waals surface area contributed by atoms with Crippen molar-refractivity contribution >= 4 is 22.8 Å². The maximum Gasteiger partial charge on any atom is 0.127 e. The number of carbonyl (C=O) groups is 1. The first kappa shape index (κ1) is 22.6. The van der Waals surface area contributed by atoms with E-state index < -0.39 is 0 Å². The standard InChI is InChI=1S/C5H9O.C2H6O.BrH.Zn/c1-3-4-5(2)6;1-2-3;;/h1,3-4H2,2H3;3H,2H2,1H3;1H;/q-1;;;. The molecule has 0 aromatic carbocycles. The molecule has 66 valence electrons. The van der Waals surface area contributed by atoms with Crippen LogP contribution in [0.2, 0.25) is 0 Å². The zero-order valence-corrected chi connectivity index (χ0v) is 12.0. The molecule has 0 radical (unpaired) electrons. The Morgan fingerprint density at radius 1 is 1.55 bits per heavy atom. The van der Waals surface area contributed by atoms with Crippen LogP contribution >= 0.6 is 17.0 Å². The molecule has 0 heterocycles. The Bertz CT molecular complexity index is 69.5. The average Bonchev–Trinajstić information content (AvgIpc) is 1.67. The normalized spacial score (nSPS) is 6.18. The summed E-state index contributed by atoms with van der Waals surface area (Å²) in [6, 6.07) is 0. The molecule has 0 aromatic rings. The largest absolute Gasteiger partial charge is 0.397 e. The Balaban J connectivity index is -0.0000000437. The first-order chi connectivity index (χ1) is 4.18. The van der Waals surface area contributed by atoms with E-state index in [1.807, 2.05) is 0 Å². The van der Waals surface area contributed by atoms with E-state index in [0.29, 0.717) is 6.42 Å². The van der Waals surface area contributed by atoms with Crippen LogP contribution < -0.4 is 0 Å². The number of hydrogen-bond acceptors (Lipinski definition) is 2. The number of hydrogen-bond donors (Lipinski definition) is 1. The molecule has 0 unspecified atom stereocenters. The zero-order valence-electron chi connectivity index (χ0n) is 7.30. The third-order valence-corrected chi connectivity index (χ3v) is 0.529. The van der Waals surface area contributed by atoms with Gasteiger partial charge in [-0.25, -0.2) is 0 Å². The van der Waals surface area contributed by atoms with E-state index in [2.05, 4.69) is 6.92 Å². The smallest absolute Gasteiger partial charge is 0.127 e. The van der Waals surface area contributed by atoms with Crippen LogP contribution in [0.4, 0.5) is 0 Å². The van der Waals surface area contributed by atoms with Crippen molar-refractivity contribution in [3.05, 3.63) is 6.92 Å². The number of aliphatic hydroxyl groups excluding tert-OH is 1. The minimum Gasteiger partial charge on any atom is -0.397 e. The second-order valence-corrected chi connectivity index (χ2v) is 1.62. The van der Waals surface area contributed by atoms with Crippen LogP contribution in [0, 0.1) is 6.92 Å². The van der Waals surface area contributed by atoms with Crippen molar-refractivity contribution in [2.24, 2.45) is 0 Å². The summed E-state index contributed by atoms with van der Waals surface area (Å²) in [6.45, 7) is 7.01. The second kappa shape index (κ2) is 22.4. The van der Waals surface area contributed by atoms with E-state index in [1.54, 1.807) is 13.8 Å². The van der Waals surface area contributed by atoms with Crippen molar-refractivity contribution in [1.29, 1.82) is 0 Å². The number of halogens is 1. The first-order valence-electron chi connectivity index (χ1n) is 3.08. The van der Waals surface area contributed by atoms with Gasteiger partial charge in [0.15, 0.2) is 0 Å². The van der Waals surface area contributed by atoms with E-state index in [9.17, 15) is 4.79 Å². The molecule has 0 spiro atoms. The molecular weight excluding hydrogens is 261 g/mol. The minimum atomic E-state index is 0. The van der Waals surface area contributed by atoms with E-state index in [1.165, 1.54) is 0 Å². The van der Waals surface area contributed by atoms with Gasteiger partial charge in [-0.3, -0.25) is 0 Å². The molecule has 0 aliphatic carbocycles. The average molecular weight is 277 g/mol. The van der Waals surface area contributed by atoms with E-state index in [-0.39, 0.29) is 48.8 Å². The topological polar surface area (TPSA) is 37.3 Å². The summed E-state index contributed by atoms with van der Waals surface area (Å²) >= 11 is 0. The van der Waals surface area contributed by atoms with Crippen molar-refractivity contribution in [3.8, 4) is 0 Å². The second-order valence-electron chi connectivity index (χ2n) is 1.62. The molecule has 11 heavy (non-hydrogen) atoms. The maximum atomic E-state index is 10.0. The Labute approximate surface area is 92.3 Å². The third-order valence-electron chi connectivity index (χ3n) is 0.529. The fourth-order valence-corrected chi connectivity index (χ4v) is 0.249. The Morgan fingerprint density at radius 2 is 1.82 bits per heavy atom. The van der Waals surface area contributed by atoms with Crippen molar-refractivity contribution < 1.29 is 29.4 Å². The number of Topliss-reactive ketones (excluding diaryl/α,β-unsaturated/α-hetero) is 1. The zero-order chi connectivity index (χ0) is 7.70. The molecule has 0 aliphatic rings. The maximum absolute atomic E-state index is 10.0. The summed E-state index contributed by atoms with van der Waals surface area (Å²) in [6.07, 6.45) is 1.36. The van der Waals surface area contributed by atoms with Gasteiger partial charge in [0.2, 0.25) is 0 Å². The number of rotatable bonds is 2. The van der Waals surface area contributed by atoms with E-state index in [0.717, 1.165) is 6.42 Å². The summed E-state index contributed by atoms with van der Waals surface area (Å²) in [7, 11) is 0. The number of carbonyl (C=O) groups excluding carboxylic acids is 1. The van der Waals surface area contributed by atoms with E-state index in [4.69, 9.17) is 5.11 Å². The summed E-state index contributed by atoms with van der Waals surface area (Å²) in [4.78, 5) is 10.0. The Kier molecular flexibility index (Phi) is 46.1. The molecule has 0 bridgehead atoms. The molecule has 4 heteroatoms. The van der Waals surface area contributed by atoms with Gasteiger partial charge in [0, 0.05) is 26.1 Å². The van der Waals surface area contributed by atoms with Crippen LogP contribution in [-0.4, -0.2) is 17.5 Å². The summed E-state index contributed by atoms with van der Waals surface area (Å²) in [5.41, 5.74) is 0. The van der Waals surface area contributed by atoms with Gasteiger partial charge in [0.1, 0.15) is 5.78 Å². The molecule has 1 N–H and O–H groups in total. The van der Waals surface area contributed by atoms with Crippen molar-refractivity contribution in [1.82, 2.24) is 0 Å². The van der Waals surface area contributed by atoms with Crippen LogP contribution in [0.3, 0.4) is 0 Å². The molecular formula is C7H16BrO2Zn-. The van der Waals surface area contributed by atoms with Crippen LogP contribution in [0.1, 0.15) is 26.7 Å². The van der Waals surface area contributed by atoms with Gasteiger partial charge in [-0.05, 0) is 20.3 Å². The summed E-state index contributed by atoms with van der Waals surface area (Å²) < 4.78 is 0. The monoisotopic (exact) mass is 275 g/mol. The van der Waals surface area contributed by atoms with Crippen LogP contribution in [0.15, 0.2) is 0 Å². The van der Waals surface area contributed by atoms with Crippen molar-refractivity contribution in [2.75, 3.05) is 6.61 Å². The predicted molar refractivity (Wildman–Crippen MR) is 48.4 cm³/mol. The number of ketones is 1. The van der Waals surface area contributed by atoms with Gasteiger partial charge in [0.25, 0.3) is 0 Å². The summed E-state index contributed by atoms with van der Waals surface area (Å²) in [5, 5.41) is 7.57. The van der Waals surface area contributed by atoms with Gasteiger partial charge < -0.3 is 16.8 Å². The van der Waals surface area contributed by atoms with Crippen LogP contribution in [-0.2, 0) is 24.3 Å². The van der Waals surface area contributed by atoms with Crippen LogP contribution in [0.5, 0.6) is 0 Å². The fourth-order valence-electron chi connectivity index (χ4n) is 0.249. The Morgan fingerprint density at radius 3 is 1.82 bits per heavy atom. The molecule has 0 atom stereocenters. The molecule has 0 saturated carbocycles. The molecule has 0 aliphatic heterocycles. The SMILES string of the molecule is Br.CCO.[CH2-]CCC(C)=O.[Zn]. The summed E-state index contributed by atoms with van der Waals surface area (Å²) in [5.74, 6) is 0.227. The van der Waals surface area contributed by atoms with Gasteiger partial charge >= 0.3 is 0 Å². The molecule has 0 saturated heterocycles. The van der Waals surface area contributed by atoms with Gasteiger partial charge in [-0.2, -0.15) is 6.42 Å². The molecule has 0 amide bonds. The molecule has 0 fully saturated rings. The fraction of sp³-hybridized carbons (Fsp3) is 0.714. The number of aliphatic hydroxyl groups is 1. The molecule has 0 rings (SSSR count). The van der Waals surface area contributed by atoms with Crippen molar-refractivity contribution in [2.45, 2.75) is 26.7 Å². The van der Waals surface area contributed by atoms with Gasteiger partial charge in [0.05, 0.1) is 0 Å². The Hall–Kier alpha value is 0.733. The predicted octanol–water partition coefficient (Wildman–Crippen LogP) is 1.76. The quantitative estimate of drug-likeness (QED) is 0.617.